The smallest absolute Gasteiger partial charge is 0.109 e. The molecule has 106 valence electrons. The summed E-state index contributed by atoms with van der Waals surface area (Å²) >= 11 is 0. The first-order chi connectivity index (χ1) is 8.95. The zero-order chi connectivity index (χ0) is 13.7. The van der Waals surface area contributed by atoms with Crippen LogP contribution in [0.1, 0.15) is 45.9 Å². The fourth-order valence-electron chi connectivity index (χ4n) is 4.51. The van der Waals surface area contributed by atoms with Gasteiger partial charge in [-0.1, -0.05) is 20.8 Å². The fraction of sp³-hybridized carbons (Fsp3) is 0.812. The van der Waals surface area contributed by atoms with Crippen LogP contribution >= 0.6 is 0 Å². The highest BCUT2D eigenvalue weighted by molar-refractivity contribution is 5.13. The van der Waals surface area contributed by atoms with E-state index in [4.69, 9.17) is 0 Å². The average molecular weight is 261 g/mol. The second kappa shape index (κ2) is 4.34. The number of hydrogen-bond donors (Lipinski definition) is 1. The number of hydrogen-bond acceptors (Lipinski definition) is 2. The van der Waals surface area contributed by atoms with Gasteiger partial charge in [0.15, 0.2) is 0 Å². The Hall–Kier alpha value is -0.830. The van der Waals surface area contributed by atoms with Crippen molar-refractivity contribution in [2.45, 2.75) is 52.5 Å². The maximum Gasteiger partial charge on any atom is 0.109 e. The third kappa shape index (κ3) is 1.85. The second-order valence-corrected chi connectivity index (χ2v) is 7.32. The summed E-state index contributed by atoms with van der Waals surface area (Å²) in [5, 5.41) is 3.82. The summed E-state index contributed by atoms with van der Waals surface area (Å²) in [6.07, 6.45) is 9.13. The first kappa shape index (κ1) is 13.2. The molecule has 1 aromatic heterocycles. The van der Waals surface area contributed by atoms with Crippen molar-refractivity contribution in [3.8, 4) is 0 Å². The predicted molar refractivity (Wildman–Crippen MR) is 77.9 cm³/mol. The number of nitrogens with one attached hydrogen (secondary N) is 1. The summed E-state index contributed by atoms with van der Waals surface area (Å²) in [6.45, 7) is 8.50. The molecule has 0 amide bonds. The molecular weight excluding hydrogens is 234 g/mol. The van der Waals surface area contributed by atoms with E-state index in [0.29, 0.717) is 16.9 Å². The van der Waals surface area contributed by atoms with Gasteiger partial charge in [-0.15, -0.1) is 0 Å². The molecule has 19 heavy (non-hydrogen) atoms. The van der Waals surface area contributed by atoms with Gasteiger partial charge in [-0.2, -0.15) is 0 Å². The maximum absolute atomic E-state index is 4.40. The maximum atomic E-state index is 4.40. The molecule has 1 heterocycles. The van der Waals surface area contributed by atoms with Crippen molar-refractivity contribution in [1.82, 2.24) is 14.9 Å². The zero-order valence-electron chi connectivity index (χ0n) is 12.7. The molecular formula is C16H27N3. The molecule has 3 rings (SSSR count). The molecule has 1 aromatic rings. The molecule has 3 unspecified atom stereocenters. The zero-order valence-corrected chi connectivity index (χ0v) is 12.7. The van der Waals surface area contributed by atoms with Gasteiger partial charge in [-0.25, -0.2) is 4.98 Å². The highest BCUT2D eigenvalue weighted by Crippen LogP contribution is 2.65. The molecule has 2 saturated carbocycles. The second-order valence-electron chi connectivity index (χ2n) is 7.32. The first-order valence-corrected chi connectivity index (χ1v) is 7.65. The Kier molecular flexibility index (Phi) is 3.01. The SMILES string of the molecule is Cn1ccnc1CCNC1CC2CCC1(C)C2(C)C. The Morgan fingerprint density at radius 3 is 2.74 bits per heavy atom. The van der Waals surface area contributed by atoms with E-state index in [-0.39, 0.29) is 0 Å². The quantitative estimate of drug-likeness (QED) is 0.903. The van der Waals surface area contributed by atoms with Crippen LogP contribution in [0, 0.1) is 16.7 Å². The van der Waals surface area contributed by atoms with E-state index in [2.05, 4.69) is 42.7 Å². The summed E-state index contributed by atoms with van der Waals surface area (Å²) in [5.74, 6) is 2.10. The van der Waals surface area contributed by atoms with Crippen LogP contribution in [0.25, 0.3) is 0 Å². The number of fused-ring (bicyclic) bond motifs is 2. The van der Waals surface area contributed by atoms with Gasteiger partial charge in [-0.05, 0) is 36.0 Å². The molecule has 0 aromatic carbocycles. The standard InChI is InChI=1S/C16H27N3/c1-15(2)12-5-7-16(15,3)13(11-12)17-8-6-14-18-9-10-19(14)4/h9-10,12-13,17H,5-8,11H2,1-4H3. The van der Waals surface area contributed by atoms with Crippen LogP contribution in [0.2, 0.25) is 0 Å². The van der Waals surface area contributed by atoms with E-state index in [9.17, 15) is 0 Å². The Morgan fingerprint density at radius 1 is 1.42 bits per heavy atom. The molecule has 3 atom stereocenters. The molecule has 2 bridgehead atoms. The lowest BCUT2D eigenvalue weighted by molar-refractivity contribution is 0.121. The van der Waals surface area contributed by atoms with Crippen molar-refractivity contribution in [3.63, 3.8) is 0 Å². The molecule has 2 fully saturated rings. The molecule has 0 aliphatic heterocycles. The van der Waals surface area contributed by atoms with E-state index in [0.717, 1.165) is 18.9 Å². The van der Waals surface area contributed by atoms with Gasteiger partial charge in [-0.3, -0.25) is 0 Å². The van der Waals surface area contributed by atoms with Crippen molar-refractivity contribution in [2.24, 2.45) is 23.8 Å². The number of imidazole rings is 1. The summed E-state index contributed by atoms with van der Waals surface area (Å²) in [7, 11) is 2.07. The predicted octanol–water partition coefficient (Wildman–Crippen LogP) is 2.77. The molecule has 0 spiro atoms. The first-order valence-electron chi connectivity index (χ1n) is 7.65. The number of aryl methyl sites for hydroxylation is 1. The summed E-state index contributed by atoms with van der Waals surface area (Å²) in [4.78, 5) is 4.40. The molecule has 2 aliphatic carbocycles. The van der Waals surface area contributed by atoms with Gasteiger partial charge in [0, 0.05) is 38.4 Å². The minimum atomic E-state index is 0.485. The average Bonchev–Trinajstić information content (AvgIpc) is 2.91. The Labute approximate surface area is 116 Å². The number of aromatic nitrogens is 2. The van der Waals surface area contributed by atoms with Crippen LogP contribution in [0.5, 0.6) is 0 Å². The Balaban J connectivity index is 1.59. The molecule has 0 radical (unpaired) electrons. The topological polar surface area (TPSA) is 29.9 Å². The summed E-state index contributed by atoms with van der Waals surface area (Å²) in [6, 6.07) is 0.696. The Morgan fingerprint density at radius 2 is 2.21 bits per heavy atom. The van der Waals surface area contributed by atoms with E-state index < -0.39 is 0 Å². The van der Waals surface area contributed by atoms with Gasteiger partial charge < -0.3 is 9.88 Å². The van der Waals surface area contributed by atoms with Crippen LogP contribution in [-0.4, -0.2) is 22.1 Å². The summed E-state index contributed by atoms with van der Waals surface area (Å²) < 4.78 is 2.12. The highest BCUT2D eigenvalue weighted by atomic mass is 15.0. The van der Waals surface area contributed by atoms with Crippen molar-refractivity contribution in [3.05, 3.63) is 18.2 Å². The van der Waals surface area contributed by atoms with Crippen LogP contribution in [-0.2, 0) is 13.5 Å². The normalized spacial score (nSPS) is 36.0. The monoisotopic (exact) mass is 261 g/mol. The summed E-state index contributed by atoms with van der Waals surface area (Å²) in [5.41, 5.74) is 0.993. The van der Waals surface area contributed by atoms with Crippen molar-refractivity contribution >= 4 is 0 Å². The van der Waals surface area contributed by atoms with Crippen molar-refractivity contribution in [2.75, 3.05) is 6.54 Å². The van der Waals surface area contributed by atoms with Gasteiger partial charge >= 0.3 is 0 Å². The van der Waals surface area contributed by atoms with Crippen molar-refractivity contribution in [1.29, 1.82) is 0 Å². The third-order valence-corrected chi connectivity index (χ3v) is 6.45. The van der Waals surface area contributed by atoms with E-state index in [1.54, 1.807) is 0 Å². The lowest BCUT2D eigenvalue weighted by Crippen LogP contribution is -2.45. The molecule has 3 nitrogen and oxygen atoms in total. The van der Waals surface area contributed by atoms with Crippen LogP contribution in [0.3, 0.4) is 0 Å². The Bertz CT molecular complexity index is 462. The third-order valence-electron chi connectivity index (χ3n) is 6.45. The van der Waals surface area contributed by atoms with E-state index in [1.807, 2.05) is 12.4 Å². The molecule has 0 saturated heterocycles. The molecule has 3 heteroatoms. The van der Waals surface area contributed by atoms with Gasteiger partial charge in [0.2, 0.25) is 0 Å². The van der Waals surface area contributed by atoms with Gasteiger partial charge in [0.05, 0.1) is 0 Å². The number of rotatable bonds is 4. The van der Waals surface area contributed by atoms with Crippen molar-refractivity contribution < 1.29 is 0 Å². The van der Waals surface area contributed by atoms with E-state index in [1.165, 1.54) is 25.1 Å². The van der Waals surface area contributed by atoms with Gasteiger partial charge in [0.1, 0.15) is 5.82 Å². The highest BCUT2D eigenvalue weighted by Gasteiger charge is 2.60. The van der Waals surface area contributed by atoms with Crippen LogP contribution in [0.4, 0.5) is 0 Å². The minimum Gasteiger partial charge on any atom is -0.338 e. The minimum absolute atomic E-state index is 0.485. The lowest BCUT2D eigenvalue weighted by atomic mass is 9.69. The van der Waals surface area contributed by atoms with Crippen LogP contribution < -0.4 is 5.32 Å². The fourth-order valence-corrected chi connectivity index (χ4v) is 4.51. The number of nitrogens with zero attached hydrogens (tertiary/aromatic N) is 2. The van der Waals surface area contributed by atoms with Crippen LogP contribution in [0.15, 0.2) is 12.4 Å². The molecule has 2 aliphatic rings. The van der Waals surface area contributed by atoms with Gasteiger partial charge in [0.25, 0.3) is 0 Å². The molecule has 1 N–H and O–H groups in total. The van der Waals surface area contributed by atoms with E-state index >= 15 is 0 Å². The lowest BCUT2D eigenvalue weighted by Gasteiger charge is -2.39. The largest absolute Gasteiger partial charge is 0.338 e.